The molecule has 0 radical (unpaired) electrons. The monoisotopic (exact) mass is 335 g/mol. The van der Waals surface area contributed by atoms with Crippen LogP contribution in [-0.2, 0) is 10.0 Å². The molecule has 3 nitrogen and oxygen atoms in total. The Hall–Kier alpha value is -0.870. The lowest BCUT2D eigenvalue weighted by molar-refractivity contribution is 0.246. The van der Waals surface area contributed by atoms with Crippen molar-refractivity contribution in [3.8, 4) is 0 Å². The molecule has 1 unspecified atom stereocenters. The van der Waals surface area contributed by atoms with E-state index in [4.69, 9.17) is 0 Å². The first-order valence-electron chi connectivity index (χ1n) is 9.24. The highest BCUT2D eigenvalue weighted by atomic mass is 32.2. The summed E-state index contributed by atoms with van der Waals surface area (Å²) in [6.45, 7) is 2.76. The quantitative estimate of drug-likeness (QED) is 0.800. The summed E-state index contributed by atoms with van der Waals surface area (Å²) in [6, 6.07) is 7.94. The normalized spacial score (nSPS) is 24.7. The minimum atomic E-state index is -3.34. The van der Waals surface area contributed by atoms with Crippen molar-refractivity contribution in [1.82, 2.24) is 4.31 Å². The van der Waals surface area contributed by atoms with Gasteiger partial charge in [0.2, 0.25) is 10.0 Å². The van der Waals surface area contributed by atoms with Crippen LogP contribution in [0.4, 0.5) is 0 Å². The highest BCUT2D eigenvalue weighted by Gasteiger charge is 2.32. The van der Waals surface area contributed by atoms with Crippen molar-refractivity contribution < 1.29 is 8.42 Å². The first-order chi connectivity index (χ1) is 11.1. The molecule has 1 aliphatic heterocycles. The van der Waals surface area contributed by atoms with E-state index in [0.29, 0.717) is 17.4 Å². The van der Waals surface area contributed by atoms with Gasteiger partial charge in [-0.15, -0.1) is 0 Å². The molecule has 1 heterocycles. The second-order valence-corrected chi connectivity index (χ2v) is 8.97. The Balaban J connectivity index is 1.79. The summed E-state index contributed by atoms with van der Waals surface area (Å²) >= 11 is 0. The van der Waals surface area contributed by atoms with Crippen molar-refractivity contribution in [3.05, 3.63) is 29.8 Å². The van der Waals surface area contributed by atoms with Gasteiger partial charge < -0.3 is 0 Å². The molecule has 3 rings (SSSR count). The van der Waals surface area contributed by atoms with Crippen molar-refractivity contribution in [2.45, 2.75) is 81.6 Å². The van der Waals surface area contributed by atoms with Gasteiger partial charge in [-0.2, -0.15) is 4.31 Å². The van der Waals surface area contributed by atoms with Crippen molar-refractivity contribution in [3.63, 3.8) is 0 Å². The summed E-state index contributed by atoms with van der Waals surface area (Å²) in [4.78, 5) is 0.470. The number of nitrogens with zero attached hydrogens (tertiary/aromatic N) is 1. The van der Waals surface area contributed by atoms with Crippen LogP contribution >= 0.6 is 0 Å². The van der Waals surface area contributed by atoms with E-state index < -0.39 is 10.0 Å². The standard InChI is InChI=1S/C19H29NO2S/c1-2-18-10-6-7-15-20(18)23(21,22)19-13-11-17(12-14-19)16-8-4-3-5-9-16/h11-14,16,18H,2-10,15H2,1H3. The number of benzene rings is 1. The number of hydrogen-bond acceptors (Lipinski definition) is 2. The predicted molar refractivity (Wildman–Crippen MR) is 94.1 cm³/mol. The zero-order valence-corrected chi connectivity index (χ0v) is 15.0. The molecule has 0 spiro atoms. The summed E-state index contributed by atoms with van der Waals surface area (Å²) in [5.41, 5.74) is 1.31. The first-order valence-corrected chi connectivity index (χ1v) is 10.7. The van der Waals surface area contributed by atoms with Gasteiger partial charge in [0.1, 0.15) is 0 Å². The summed E-state index contributed by atoms with van der Waals surface area (Å²) in [6.07, 6.45) is 10.5. The highest BCUT2D eigenvalue weighted by molar-refractivity contribution is 7.89. The van der Waals surface area contributed by atoms with Crippen LogP contribution in [0.1, 0.15) is 76.2 Å². The number of sulfonamides is 1. The van der Waals surface area contributed by atoms with Crippen molar-refractivity contribution in [2.75, 3.05) is 6.54 Å². The van der Waals surface area contributed by atoms with E-state index in [0.717, 1.165) is 25.7 Å². The van der Waals surface area contributed by atoms with E-state index >= 15 is 0 Å². The van der Waals surface area contributed by atoms with Crippen LogP contribution < -0.4 is 0 Å². The molecule has 1 saturated carbocycles. The van der Waals surface area contributed by atoms with Crippen molar-refractivity contribution in [2.24, 2.45) is 0 Å². The summed E-state index contributed by atoms with van der Waals surface area (Å²) < 4.78 is 27.7. The van der Waals surface area contributed by atoms with Gasteiger partial charge in [0, 0.05) is 12.6 Å². The Kier molecular flexibility index (Phi) is 5.42. The third-order valence-corrected chi connectivity index (χ3v) is 7.57. The average Bonchev–Trinajstić information content (AvgIpc) is 2.62. The number of hydrogen-bond donors (Lipinski definition) is 0. The predicted octanol–water partition coefficient (Wildman–Crippen LogP) is 4.69. The van der Waals surface area contributed by atoms with Gasteiger partial charge >= 0.3 is 0 Å². The maximum absolute atomic E-state index is 13.0. The summed E-state index contributed by atoms with van der Waals surface area (Å²) in [5.74, 6) is 0.624. The Morgan fingerprint density at radius 3 is 2.26 bits per heavy atom. The Bertz CT molecular complexity index is 603. The molecule has 128 valence electrons. The number of rotatable bonds is 4. The molecule has 2 aliphatic rings. The van der Waals surface area contributed by atoms with Gasteiger partial charge in [-0.1, -0.05) is 44.7 Å². The molecule has 1 aromatic carbocycles. The zero-order chi connectivity index (χ0) is 16.3. The van der Waals surface area contributed by atoms with Crippen LogP contribution in [0.3, 0.4) is 0 Å². The highest BCUT2D eigenvalue weighted by Crippen LogP contribution is 2.33. The third-order valence-electron chi connectivity index (χ3n) is 5.61. The minimum absolute atomic E-state index is 0.173. The molecule has 0 amide bonds. The molecular formula is C19H29NO2S. The molecule has 1 atom stereocenters. The van der Waals surface area contributed by atoms with E-state index in [9.17, 15) is 8.42 Å². The van der Waals surface area contributed by atoms with Crippen molar-refractivity contribution in [1.29, 1.82) is 0 Å². The van der Waals surface area contributed by atoms with E-state index in [1.54, 1.807) is 4.31 Å². The fraction of sp³-hybridized carbons (Fsp3) is 0.684. The van der Waals surface area contributed by atoms with Gasteiger partial charge in [-0.05, 0) is 55.7 Å². The second kappa shape index (κ2) is 7.35. The zero-order valence-electron chi connectivity index (χ0n) is 14.2. The molecular weight excluding hydrogens is 306 g/mol. The summed E-state index contributed by atoms with van der Waals surface area (Å²) in [5, 5.41) is 0. The largest absolute Gasteiger partial charge is 0.243 e. The first kappa shape index (κ1) is 17.0. The van der Waals surface area contributed by atoms with Crippen LogP contribution in [0.15, 0.2) is 29.2 Å². The Morgan fingerprint density at radius 1 is 0.957 bits per heavy atom. The van der Waals surface area contributed by atoms with E-state index in [2.05, 4.69) is 6.92 Å². The third kappa shape index (κ3) is 3.63. The van der Waals surface area contributed by atoms with E-state index in [1.807, 2.05) is 24.3 Å². The van der Waals surface area contributed by atoms with Crippen molar-refractivity contribution >= 4 is 10.0 Å². The molecule has 1 saturated heterocycles. The van der Waals surface area contributed by atoms with Crippen LogP contribution in [0.25, 0.3) is 0 Å². The van der Waals surface area contributed by atoms with Crippen LogP contribution in [-0.4, -0.2) is 25.3 Å². The summed E-state index contributed by atoms with van der Waals surface area (Å²) in [7, 11) is -3.34. The maximum Gasteiger partial charge on any atom is 0.243 e. The van der Waals surface area contributed by atoms with Gasteiger partial charge in [-0.25, -0.2) is 8.42 Å². The molecule has 1 aliphatic carbocycles. The smallest absolute Gasteiger partial charge is 0.207 e. The molecule has 1 aromatic rings. The van der Waals surface area contributed by atoms with Crippen LogP contribution in [0.5, 0.6) is 0 Å². The second-order valence-electron chi connectivity index (χ2n) is 7.08. The molecule has 0 aromatic heterocycles. The van der Waals surface area contributed by atoms with Gasteiger partial charge in [0.25, 0.3) is 0 Å². The minimum Gasteiger partial charge on any atom is -0.207 e. The average molecular weight is 336 g/mol. The molecule has 23 heavy (non-hydrogen) atoms. The fourth-order valence-electron chi connectivity index (χ4n) is 4.18. The van der Waals surface area contributed by atoms with Gasteiger partial charge in [0.15, 0.2) is 0 Å². The van der Waals surface area contributed by atoms with E-state index in [-0.39, 0.29) is 6.04 Å². The van der Waals surface area contributed by atoms with Gasteiger partial charge in [-0.3, -0.25) is 0 Å². The maximum atomic E-state index is 13.0. The van der Waals surface area contributed by atoms with Crippen LogP contribution in [0.2, 0.25) is 0 Å². The molecule has 0 N–H and O–H groups in total. The van der Waals surface area contributed by atoms with Gasteiger partial charge in [0.05, 0.1) is 4.90 Å². The van der Waals surface area contributed by atoms with E-state index in [1.165, 1.54) is 37.7 Å². The lowest BCUT2D eigenvalue weighted by atomic mass is 9.84. The molecule has 4 heteroatoms. The Labute approximate surface area is 141 Å². The molecule has 0 bridgehead atoms. The topological polar surface area (TPSA) is 37.4 Å². The molecule has 2 fully saturated rings. The fourth-order valence-corrected chi connectivity index (χ4v) is 5.95. The SMILES string of the molecule is CCC1CCCCN1S(=O)(=O)c1ccc(C2CCCCC2)cc1. The van der Waals surface area contributed by atoms with Crippen LogP contribution in [0, 0.1) is 0 Å². The Morgan fingerprint density at radius 2 is 1.61 bits per heavy atom. The lowest BCUT2D eigenvalue weighted by Gasteiger charge is -2.34. The number of piperidine rings is 1. The lowest BCUT2D eigenvalue weighted by Crippen LogP contribution is -2.43.